The Labute approximate surface area is 226 Å². The summed E-state index contributed by atoms with van der Waals surface area (Å²) in [6, 6.07) is 16.3. The van der Waals surface area contributed by atoms with Crippen molar-refractivity contribution in [3.63, 3.8) is 0 Å². The SMILES string of the molecule is CCC(=O)N1CCC(NC(=O)c2ccc(Oc3ccc(C(=N)N)cc3)nc2Oc2ccc(C(=N)N)cc2)CC1. The Morgan fingerprint density at radius 1 is 0.897 bits per heavy atom. The molecule has 0 atom stereocenters. The second-order valence-electron chi connectivity index (χ2n) is 9.06. The van der Waals surface area contributed by atoms with Gasteiger partial charge in [0, 0.05) is 42.7 Å². The molecule has 1 aliphatic heterocycles. The zero-order valence-electron chi connectivity index (χ0n) is 21.6. The van der Waals surface area contributed by atoms with Crippen molar-refractivity contribution >= 4 is 23.5 Å². The number of nitrogens with zero attached hydrogens (tertiary/aromatic N) is 2. The highest BCUT2D eigenvalue weighted by Gasteiger charge is 2.25. The molecule has 0 aliphatic carbocycles. The van der Waals surface area contributed by atoms with Gasteiger partial charge in [0.1, 0.15) is 28.7 Å². The number of amidine groups is 2. The fraction of sp³-hybridized carbons (Fsp3) is 0.250. The Bertz CT molecular complexity index is 1370. The maximum atomic E-state index is 13.3. The van der Waals surface area contributed by atoms with E-state index in [1.165, 1.54) is 0 Å². The van der Waals surface area contributed by atoms with Gasteiger partial charge >= 0.3 is 0 Å². The monoisotopic (exact) mass is 529 g/mol. The van der Waals surface area contributed by atoms with Crippen LogP contribution >= 0.6 is 0 Å². The Morgan fingerprint density at radius 3 is 1.95 bits per heavy atom. The summed E-state index contributed by atoms with van der Waals surface area (Å²) >= 11 is 0. The number of nitrogen functional groups attached to an aromatic ring is 2. The number of amides is 2. The predicted molar refractivity (Wildman–Crippen MR) is 147 cm³/mol. The van der Waals surface area contributed by atoms with Crippen LogP contribution in [0.1, 0.15) is 47.7 Å². The first kappa shape index (κ1) is 27.1. The van der Waals surface area contributed by atoms with E-state index in [2.05, 4.69) is 10.3 Å². The summed E-state index contributed by atoms with van der Waals surface area (Å²) in [6.07, 6.45) is 1.78. The van der Waals surface area contributed by atoms with Crippen molar-refractivity contribution < 1.29 is 19.1 Å². The van der Waals surface area contributed by atoms with E-state index in [0.29, 0.717) is 55.0 Å². The first-order valence-corrected chi connectivity index (χ1v) is 12.6. The van der Waals surface area contributed by atoms with E-state index < -0.39 is 0 Å². The standard InChI is InChI=1S/C28H31N7O4/c1-2-24(36)35-15-13-19(14-16-35)33-27(37)22-11-12-23(38-20-7-3-17(4-8-20)25(29)30)34-28(22)39-21-9-5-18(6-10-21)26(31)32/h3-12,19H,2,13-16H2,1H3,(H3,29,30)(H3,31,32)(H,33,37). The van der Waals surface area contributed by atoms with Crippen LogP contribution in [0.2, 0.25) is 0 Å². The van der Waals surface area contributed by atoms with E-state index in [-0.39, 0.29) is 46.9 Å². The van der Waals surface area contributed by atoms with Crippen molar-refractivity contribution in [2.45, 2.75) is 32.2 Å². The summed E-state index contributed by atoms with van der Waals surface area (Å²) in [6.45, 7) is 3.03. The molecule has 1 aliphatic rings. The first-order valence-electron chi connectivity index (χ1n) is 12.6. The fourth-order valence-corrected chi connectivity index (χ4v) is 4.13. The smallest absolute Gasteiger partial charge is 0.257 e. The molecule has 7 N–H and O–H groups in total. The van der Waals surface area contributed by atoms with Gasteiger partial charge in [0.05, 0.1) is 0 Å². The highest BCUT2D eigenvalue weighted by Crippen LogP contribution is 2.29. The number of benzene rings is 2. The topological polar surface area (TPSA) is 180 Å². The second-order valence-corrected chi connectivity index (χ2v) is 9.06. The van der Waals surface area contributed by atoms with E-state index in [1.54, 1.807) is 60.7 Å². The molecule has 0 bridgehead atoms. The van der Waals surface area contributed by atoms with Crippen LogP contribution in [0.15, 0.2) is 60.7 Å². The van der Waals surface area contributed by atoms with Crippen LogP contribution in [0, 0.1) is 10.8 Å². The minimum atomic E-state index is -0.351. The highest BCUT2D eigenvalue weighted by atomic mass is 16.5. The molecule has 3 aromatic rings. The maximum absolute atomic E-state index is 13.3. The van der Waals surface area contributed by atoms with Crippen LogP contribution in [0.5, 0.6) is 23.3 Å². The van der Waals surface area contributed by atoms with Gasteiger partial charge in [-0.05, 0) is 67.4 Å². The molecule has 1 fully saturated rings. The number of ether oxygens (including phenoxy) is 2. The molecule has 1 aromatic heterocycles. The number of nitrogens with two attached hydrogens (primary N) is 2. The molecule has 0 spiro atoms. The second kappa shape index (κ2) is 12.1. The molecular formula is C28H31N7O4. The van der Waals surface area contributed by atoms with Gasteiger partial charge in [-0.25, -0.2) is 0 Å². The van der Waals surface area contributed by atoms with E-state index in [1.807, 2.05) is 11.8 Å². The van der Waals surface area contributed by atoms with E-state index in [9.17, 15) is 9.59 Å². The van der Waals surface area contributed by atoms with Crippen molar-refractivity contribution in [1.29, 1.82) is 10.8 Å². The summed E-state index contributed by atoms with van der Waals surface area (Å²) < 4.78 is 11.8. The number of rotatable bonds is 9. The van der Waals surface area contributed by atoms with Crippen LogP contribution in [0.3, 0.4) is 0 Å². The Hall–Kier alpha value is -4.93. The zero-order chi connectivity index (χ0) is 27.9. The molecular weight excluding hydrogens is 498 g/mol. The molecule has 0 radical (unpaired) electrons. The number of hydrogen-bond donors (Lipinski definition) is 5. The number of hydrogen-bond acceptors (Lipinski definition) is 7. The van der Waals surface area contributed by atoms with Crippen LogP contribution in [-0.4, -0.2) is 52.5 Å². The van der Waals surface area contributed by atoms with Gasteiger partial charge in [-0.2, -0.15) is 4.98 Å². The van der Waals surface area contributed by atoms with Gasteiger partial charge in [-0.1, -0.05) is 6.92 Å². The number of pyridine rings is 1. The molecule has 39 heavy (non-hydrogen) atoms. The van der Waals surface area contributed by atoms with Gasteiger partial charge in [0.15, 0.2) is 0 Å². The molecule has 11 heteroatoms. The summed E-state index contributed by atoms with van der Waals surface area (Å²) in [5.41, 5.74) is 12.4. The minimum absolute atomic E-state index is 0.0412. The van der Waals surface area contributed by atoms with Crippen molar-refractivity contribution in [2.75, 3.05) is 13.1 Å². The molecule has 4 rings (SSSR count). The van der Waals surface area contributed by atoms with Gasteiger partial charge < -0.3 is 31.2 Å². The highest BCUT2D eigenvalue weighted by molar-refractivity contribution is 5.97. The fourth-order valence-electron chi connectivity index (χ4n) is 4.13. The van der Waals surface area contributed by atoms with Crippen LogP contribution in [0.4, 0.5) is 0 Å². The molecule has 1 saturated heterocycles. The number of carbonyl (C=O) groups is 2. The quantitative estimate of drug-likeness (QED) is 0.208. The van der Waals surface area contributed by atoms with Crippen molar-refractivity contribution in [2.24, 2.45) is 11.5 Å². The molecule has 0 unspecified atom stereocenters. The summed E-state index contributed by atoms with van der Waals surface area (Å²) in [7, 11) is 0. The Balaban J connectivity index is 1.54. The third-order valence-corrected chi connectivity index (χ3v) is 6.33. The predicted octanol–water partition coefficient (Wildman–Crippen LogP) is 3.37. The van der Waals surface area contributed by atoms with Crippen LogP contribution in [-0.2, 0) is 4.79 Å². The third-order valence-electron chi connectivity index (χ3n) is 6.33. The number of nitrogens with one attached hydrogen (secondary N) is 3. The number of likely N-dealkylation sites (tertiary alicyclic amines) is 1. The molecule has 11 nitrogen and oxygen atoms in total. The molecule has 2 heterocycles. The lowest BCUT2D eigenvalue weighted by Gasteiger charge is -2.32. The van der Waals surface area contributed by atoms with Crippen LogP contribution in [0.25, 0.3) is 0 Å². The Kier molecular flexibility index (Phi) is 8.40. The third kappa shape index (κ3) is 6.89. The van der Waals surface area contributed by atoms with Crippen molar-refractivity contribution in [1.82, 2.24) is 15.2 Å². The van der Waals surface area contributed by atoms with E-state index in [4.69, 9.17) is 31.8 Å². The first-order chi connectivity index (χ1) is 18.7. The summed E-state index contributed by atoms with van der Waals surface area (Å²) in [4.78, 5) is 31.5. The molecule has 2 aromatic carbocycles. The zero-order valence-corrected chi connectivity index (χ0v) is 21.6. The van der Waals surface area contributed by atoms with Crippen molar-refractivity contribution in [3.05, 3.63) is 77.4 Å². The van der Waals surface area contributed by atoms with Gasteiger partial charge in [-0.3, -0.25) is 20.4 Å². The van der Waals surface area contributed by atoms with Gasteiger partial charge in [0.2, 0.25) is 17.7 Å². The molecule has 0 saturated carbocycles. The van der Waals surface area contributed by atoms with Gasteiger partial charge in [0.25, 0.3) is 5.91 Å². The number of carbonyl (C=O) groups excluding carboxylic acids is 2. The van der Waals surface area contributed by atoms with E-state index >= 15 is 0 Å². The average molecular weight is 530 g/mol. The largest absolute Gasteiger partial charge is 0.439 e. The summed E-state index contributed by atoms with van der Waals surface area (Å²) in [5.74, 6) is 0.744. The maximum Gasteiger partial charge on any atom is 0.257 e. The Morgan fingerprint density at radius 2 is 1.44 bits per heavy atom. The molecule has 202 valence electrons. The number of piperidine rings is 1. The molecule has 2 amide bonds. The van der Waals surface area contributed by atoms with Crippen molar-refractivity contribution in [3.8, 4) is 23.3 Å². The normalized spacial score (nSPS) is 13.4. The van der Waals surface area contributed by atoms with Gasteiger partial charge in [-0.15, -0.1) is 0 Å². The van der Waals surface area contributed by atoms with E-state index in [0.717, 1.165) is 0 Å². The lowest BCUT2D eigenvalue weighted by atomic mass is 10.0. The average Bonchev–Trinajstić information content (AvgIpc) is 2.93. The summed E-state index contributed by atoms with van der Waals surface area (Å²) in [5, 5.41) is 18.1. The van der Waals surface area contributed by atoms with Crippen LogP contribution < -0.4 is 26.3 Å². The lowest BCUT2D eigenvalue weighted by molar-refractivity contribution is -0.131. The lowest BCUT2D eigenvalue weighted by Crippen LogP contribution is -2.46. The minimum Gasteiger partial charge on any atom is -0.439 e. The number of aromatic nitrogens is 1.